The van der Waals surface area contributed by atoms with Crippen molar-refractivity contribution in [1.82, 2.24) is 19.3 Å². The normalized spacial score (nSPS) is 11.0. The Kier molecular flexibility index (Phi) is 6.26. The highest BCUT2D eigenvalue weighted by Crippen LogP contribution is 2.19. The molecule has 0 bridgehead atoms. The van der Waals surface area contributed by atoms with Crippen molar-refractivity contribution < 1.29 is 9.13 Å². The summed E-state index contributed by atoms with van der Waals surface area (Å²) in [6, 6.07) is 13.3. The molecule has 0 radical (unpaired) electrons. The molecule has 0 saturated carbocycles. The predicted octanol–water partition coefficient (Wildman–Crippen LogP) is 5.78. The molecule has 0 amide bonds. The van der Waals surface area contributed by atoms with Gasteiger partial charge in [0.25, 0.3) is 0 Å². The monoisotopic (exact) mass is 460 g/mol. The highest BCUT2D eigenvalue weighted by molar-refractivity contribution is 7.71. The van der Waals surface area contributed by atoms with E-state index in [0.717, 1.165) is 17.1 Å². The molecule has 0 fully saturated rings. The van der Waals surface area contributed by atoms with Crippen LogP contribution in [0.4, 0.5) is 4.39 Å². The molecule has 30 heavy (non-hydrogen) atoms. The highest BCUT2D eigenvalue weighted by Gasteiger charge is 2.14. The van der Waals surface area contributed by atoms with Crippen molar-refractivity contribution in [3.63, 3.8) is 0 Å². The Balaban J connectivity index is 1.62. The molecule has 0 unspecified atom stereocenters. The van der Waals surface area contributed by atoms with Gasteiger partial charge >= 0.3 is 0 Å². The van der Waals surface area contributed by atoms with Crippen LogP contribution in [0, 0.1) is 17.5 Å². The van der Waals surface area contributed by atoms with Gasteiger partial charge in [-0.05, 0) is 67.7 Å². The first-order chi connectivity index (χ1) is 14.5. The fourth-order valence-corrected chi connectivity index (χ4v) is 4.21. The second-order valence-corrected chi connectivity index (χ2v) is 8.69. The van der Waals surface area contributed by atoms with Crippen LogP contribution in [0.5, 0.6) is 5.75 Å². The predicted molar refractivity (Wildman–Crippen MR) is 119 cm³/mol. The van der Waals surface area contributed by atoms with E-state index in [4.69, 9.17) is 33.7 Å². The van der Waals surface area contributed by atoms with Crippen molar-refractivity contribution >= 4 is 35.2 Å². The lowest BCUT2D eigenvalue weighted by Crippen LogP contribution is -2.05. The number of benzene rings is 2. The van der Waals surface area contributed by atoms with Crippen LogP contribution in [0.2, 0.25) is 5.02 Å². The van der Waals surface area contributed by atoms with Crippen LogP contribution in [0.25, 0.3) is 5.69 Å². The summed E-state index contributed by atoms with van der Waals surface area (Å²) in [5, 5.41) is 6.37. The highest BCUT2D eigenvalue weighted by atomic mass is 35.5. The quantitative estimate of drug-likeness (QED) is 0.328. The largest absolute Gasteiger partial charge is 0.486 e. The molecule has 0 aliphatic heterocycles. The SMILES string of the molecule is Cc1ncc(CCn2nc(COc3ccc(F)cc3)n(-c3ccc(Cl)cc3)c2=S)s1. The van der Waals surface area contributed by atoms with Gasteiger partial charge in [-0.15, -0.1) is 11.3 Å². The molecular weight excluding hydrogens is 443 g/mol. The van der Waals surface area contributed by atoms with Crippen molar-refractivity contribution in [1.29, 1.82) is 0 Å². The van der Waals surface area contributed by atoms with E-state index < -0.39 is 0 Å². The van der Waals surface area contributed by atoms with Crippen LogP contribution < -0.4 is 4.74 Å². The molecule has 2 aromatic carbocycles. The lowest BCUT2D eigenvalue weighted by Gasteiger charge is -2.08. The minimum Gasteiger partial charge on any atom is -0.486 e. The summed E-state index contributed by atoms with van der Waals surface area (Å²) in [5.74, 6) is 0.890. The molecule has 0 spiro atoms. The number of aryl methyl sites for hydroxylation is 3. The zero-order chi connectivity index (χ0) is 21.1. The van der Waals surface area contributed by atoms with E-state index in [2.05, 4.69) is 4.98 Å². The maximum Gasteiger partial charge on any atom is 0.202 e. The first-order valence-electron chi connectivity index (χ1n) is 9.24. The van der Waals surface area contributed by atoms with E-state index in [-0.39, 0.29) is 12.4 Å². The van der Waals surface area contributed by atoms with Crippen LogP contribution in [0.3, 0.4) is 0 Å². The van der Waals surface area contributed by atoms with Gasteiger partial charge in [-0.3, -0.25) is 4.57 Å². The molecular formula is C21H18ClFN4OS2. The fraction of sp³-hybridized carbons (Fsp3) is 0.190. The Labute approximate surface area is 187 Å². The smallest absolute Gasteiger partial charge is 0.202 e. The summed E-state index contributed by atoms with van der Waals surface area (Å²) in [6.45, 7) is 2.80. The van der Waals surface area contributed by atoms with Crippen molar-refractivity contribution in [2.75, 3.05) is 0 Å². The van der Waals surface area contributed by atoms with Gasteiger partial charge in [0.15, 0.2) is 5.82 Å². The molecule has 0 N–H and O–H groups in total. The van der Waals surface area contributed by atoms with E-state index in [1.807, 2.05) is 29.8 Å². The van der Waals surface area contributed by atoms with E-state index >= 15 is 0 Å². The van der Waals surface area contributed by atoms with Crippen molar-refractivity contribution in [2.45, 2.75) is 26.5 Å². The standard InChI is InChI=1S/C21H18ClFN4OS2/c1-14-24-12-19(30-14)10-11-26-21(29)27(17-6-2-15(22)3-7-17)20(25-26)13-28-18-8-4-16(23)5-9-18/h2-9,12H,10-11,13H2,1H3. The topological polar surface area (TPSA) is 44.9 Å². The minimum atomic E-state index is -0.311. The number of aromatic nitrogens is 4. The molecule has 5 nitrogen and oxygen atoms in total. The number of rotatable bonds is 7. The molecule has 154 valence electrons. The first kappa shape index (κ1) is 20.7. The molecule has 2 aromatic heterocycles. The number of hydrogen-bond donors (Lipinski definition) is 0. The maximum atomic E-state index is 13.1. The van der Waals surface area contributed by atoms with Gasteiger partial charge in [0.05, 0.1) is 5.01 Å². The Bertz CT molecular complexity index is 1200. The van der Waals surface area contributed by atoms with E-state index in [1.54, 1.807) is 40.3 Å². The lowest BCUT2D eigenvalue weighted by atomic mass is 10.3. The molecule has 2 heterocycles. The number of ether oxygens (including phenoxy) is 1. The van der Waals surface area contributed by atoms with Crippen LogP contribution in [-0.2, 0) is 19.6 Å². The minimum absolute atomic E-state index is 0.185. The molecule has 0 aliphatic rings. The van der Waals surface area contributed by atoms with E-state index in [0.29, 0.717) is 27.9 Å². The maximum absolute atomic E-state index is 13.1. The van der Waals surface area contributed by atoms with Crippen LogP contribution in [0.15, 0.2) is 54.7 Å². The number of halogens is 2. The summed E-state index contributed by atoms with van der Waals surface area (Å²) in [7, 11) is 0. The average Bonchev–Trinajstić information content (AvgIpc) is 3.29. The summed E-state index contributed by atoms with van der Waals surface area (Å²) in [4.78, 5) is 5.48. The average molecular weight is 461 g/mol. The zero-order valence-electron chi connectivity index (χ0n) is 16.1. The molecule has 4 rings (SSSR count). The van der Waals surface area contributed by atoms with Gasteiger partial charge in [-0.25, -0.2) is 14.1 Å². The van der Waals surface area contributed by atoms with Gasteiger partial charge in [0.2, 0.25) is 4.77 Å². The summed E-state index contributed by atoms with van der Waals surface area (Å²) >= 11 is 13.4. The van der Waals surface area contributed by atoms with Gasteiger partial charge in [0.1, 0.15) is 18.2 Å². The summed E-state index contributed by atoms with van der Waals surface area (Å²) in [6.07, 6.45) is 2.67. The third-order valence-corrected chi connectivity index (χ3v) is 6.03. The Morgan fingerprint density at radius 2 is 1.87 bits per heavy atom. The van der Waals surface area contributed by atoms with Crippen LogP contribution >= 0.6 is 35.2 Å². The first-order valence-corrected chi connectivity index (χ1v) is 10.8. The third kappa shape index (κ3) is 4.77. The van der Waals surface area contributed by atoms with Crippen molar-refractivity contribution in [3.8, 4) is 11.4 Å². The Morgan fingerprint density at radius 1 is 1.13 bits per heavy atom. The third-order valence-electron chi connectivity index (χ3n) is 4.41. The van der Waals surface area contributed by atoms with Gasteiger partial charge in [-0.2, -0.15) is 5.10 Å². The fourth-order valence-electron chi connectivity index (χ4n) is 2.96. The zero-order valence-corrected chi connectivity index (χ0v) is 18.5. The number of hydrogen-bond acceptors (Lipinski definition) is 5. The molecule has 9 heteroatoms. The molecule has 0 atom stereocenters. The van der Waals surface area contributed by atoms with Crippen LogP contribution in [-0.4, -0.2) is 19.3 Å². The van der Waals surface area contributed by atoms with Gasteiger partial charge < -0.3 is 4.74 Å². The second-order valence-electron chi connectivity index (χ2n) is 6.57. The van der Waals surface area contributed by atoms with E-state index in [9.17, 15) is 4.39 Å². The van der Waals surface area contributed by atoms with Gasteiger partial charge in [0, 0.05) is 34.7 Å². The summed E-state index contributed by atoms with van der Waals surface area (Å²) in [5.41, 5.74) is 0.849. The van der Waals surface area contributed by atoms with Gasteiger partial charge in [-0.1, -0.05) is 11.6 Å². The lowest BCUT2D eigenvalue weighted by molar-refractivity contribution is 0.291. The molecule has 0 aliphatic carbocycles. The van der Waals surface area contributed by atoms with Crippen molar-refractivity contribution in [2.24, 2.45) is 0 Å². The Morgan fingerprint density at radius 3 is 2.53 bits per heavy atom. The number of thiazole rings is 1. The molecule has 0 saturated heterocycles. The van der Waals surface area contributed by atoms with Crippen molar-refractivity contribution in [3.05, 3.63) is 86.0 Å². The number of nitrogens with zero attached hydrogens (tertiary/aromatic N) is 4. The Hall–Kier alpha value is -2.55. The van der Waals surface area contributed by atoms with E-state index in [1.165, 1.54) is 17.0 Å². The van der Waals surface area contributed by atoms with Crippen LogP contribution in [0.1, 0.15) is 15.7 Å². The second kappa shape index (κ2) is 9.07. The summed E-state index contributed by atoms with van der Waals surface area (Å²) < 4.78 is 23.2. The molecule has 4 aromatic rings.